The number of carbonyl (C=O) groups excluding carboxylic acids is 1. The maximum absolute atomic E-state index is 13.7. The zero-order valence-corrected chi connectivity index (χ0v) is 17.0. The Kier molecular flexibility index (Phi) is 5.39. The van der Waals surface area contributed by atoms with Crippen molar-refractivity contribution in [1.82, 2.24) is 5.01 Å². The first-order chi connectivity index (χ1) is 14.2. The molecule has 2 aromatic rings. The Labute approximate surface area is 175 Å². The Hall–Kier alpha value is -3.27. The number of nitro groups is 1. The molecule has 1 heterocycles. The molecule has 7 nitrogen and oxygen atoms in total. The highest BCUT2D eigenvalue weighted by atomic mass is 19.4. The summed E-state index contributed by atoms with van der Waals surface area (Å²) in [5.74, 6) is -1.11. The molecule has 0 fully saturated rings. The molecule has 164 valence electrons. The van der Waals surface area contributed by atoms with Crippen LogP contribution in [0.25, 0.3) is 0 Å². The molecule has 1 atom stereocenters. The summed E-state index contributed by atoms with van der Waals surface area (Å²) in [5.41, 5.74) is -3.27. The largest absolute Gasteiger partial charge is 0.438 e. The summed E-state index contributed by atoms with van der Waals surface area (Å²) in [7, 11) is 0. The molecule has 10 heteroatoms. The van der Waals surface area contributed by atoms with Crippen LogP contribution in [-0.2, 0) is 5.41 Å². The molecule has 1 aliphatic heterocycles. The highest BCUT2D eigenvalue weighted by Gasteiger charge is 2.63. The summed E-state index contributed by atoms with van der Waals surface area (Å²) in [6.45, 7) is 5.86. The third-order valence-electron chi connectivity index (χ3n) is 5.04. The third kappa shape index (κ3) is 4.15. The number of benzene rings is 2. The molecule has 2 aromatic carbocycles. The molecule has 1 aliphatic rings. The fourth-order valence-corrected chi connectivity index (χ4v) is 3.15. The van der Waals surface area contributed by atoms with Crippen LogP contribution in [0.3, 0.4) is 0 Å². The number of alkyl halides is 3. The van der Waals surface area contributed by atoms with E-state index in [-0.39, 0.29) is 32.9 Å². The van der Waals surface area contributed by atoms with Crippen LogP contribution in [0.15, 0.2) is 53.6 Å². The fourth-order valence-electron chi connectivity index (χ4n) is 3.15. The number of non-ortho nitro benzene ring substituents is 1. The Morgan fingerprint density at radius 1 is 1.10 bits per heavy atom. The van der Waals surface area contributed by atoms with Gasteiger partial charge in [-0.3, -0.25) is 14.9 Å². The second-order valence-corrected chi connectivity index (χ2v) is 8.29. The molecule has 31 heavy (non-hydrogen) atoms. The first kappa shape index (κ1) is 22.4. The molecule has 0 spiro atoms. The number of hydrazone groups is 1. The number of nitrogens with zero attached hydrogens (tertiary/aromatic N) is 3. The Balaban J connectivity index is 1.99. The van der Waals surface area contributed by atoms with E-state index in [0.29, 0.717) is 0 Å². The number of carbonyl (C=O) groups is 1. The van der Waals surface area contributed by atoms with Gasteiger partial charge in [-0.2, -0.15) is 23.3 Å². The molecule has 0 aromatic heterocycles. The van der Waals surface area contributed by atoms with Gasteiger partial charge in [0.1, 0.15) is 0 Å². The van der Waals surface area contributed by atoms with E-state index < -0.39 is 29.2 Å². The minimum atomic E-state index is -5.18. The number of nitro benzene ring substituents is 1. The molecule has 0 aliphatic carbocycles. The van der Waals surface area contributed by atoms with Gasteiger partial charge in [-0.1, -0.05) is 32.9 Å². The topological polar surface area (TPSA) is 96.0 Å². The lowest BCUT2D eigenvalue weighted by Gasteiger charge is -2.32. The summed E-state index contributed by atoms with van der Waals surface area (Å²) in [5, 5.41) is 25.0. The summed E-state index contributed by atoms with van der Waals surface area (Å²) >= 11 is 0. The van der Waals surface area contributed by atoms with E-state index in [1.807, 2.05) is 20.8 Å². The van der Waals surface area contributed by atoms with Gasteiger partial charge in [0.25, 0.3) is 17.3 Å². The van der Waals surface area contributed by atoms with E-state index in [2.05, 4.69) is 5.10 Å². The maximum atomic E-state index is 13.7. The number of halogens is 3. The summed E-state index contributed by atoms with van der Waals surface area (Å²) in [6, 6.07) is 10.7. The number of rotatable bonds is 3. The number of hydrogen-bond acceptors (Lipinski definition) is 5. The van der Waals surface area contributed by atoms with Crippen molar-refractivity contribution in [3.8, 4) is 0 Å². The highest BCUT2D eigenvalue weighted by molar-refractivity contribution is 6.05. The summed E-state index contributed by atoms with van der Waals surface area (Å²) in [4.78, 5) is 23.0. The molecule has 0 radical (unpaired) electrons. The maximum Gasteiger partial charge on any atom is 0.438 e. The van der Waals surface area contributed by atoms with E-state index >= 15 is 0 Å². The fraction of sp³-hybridized carbons (Fsp3) is 0.333. The van der Waals surface area contributed by atoms with Crippen LogP contribution >= 0.6 is 0 Å². The van der Waals surface area contributed by atoms with Crippen LogP contribution in [0, 0.1) is 10.1 Å². The minimum Gasteiger partial charge on any atom is -0.362 e. The van der Waals surface area contributed by atoms with Gasteiger partial charge in [0.15, 0.2) is 0 Å². The third-order valence-corrected chi connectivity index (χ3v) is 5.04. The van der Waals surface area contributed by atoms with E-state index in [1.54, 1.807) is 12.1 Å². The minimum absolute atomic E-state index is 0.0375. The molecular formula is C21H20F3N3O4. The lowest BCUT2D eigenvalue weighted by molar-refractivity contribution is -0.384. The molecule has 0 unspecified atom stereocenters. The van der Waals surface area contributed by atoms with Crippen molar-refractivity contribution in [2.24, 2.45) is 5.10 Å². The normalized spacial score (nSPS) is 19.3. The zero-order chi connectivity index (χ0) is 23.2. The van der Waals surface area contributed by atoms with Crippen molar-refractivity contribution in [1.29, 1.82) is 0 Å². The quantitative estimate of drug-likeness (QED) is 0.571. The second-order valence-electron chi connectivity index (χ2n) is 8.29. The standard InChI is InChI=1S/C21H20F3N3O4/c1-19(2,3)15-8-4-14(5-9-15)18(28)26-20(29,21(22,23)24)12-17(25-26)13-6-10-16(11-7-13)27(30)31/h4-11,29H,12H2,1-3H3/t20-/m1/s1. The first-order valence-electron chi connectivity index (χ1n) is 9.30. The Bertz CT molecular complexity index is 1040. The Morgan fingerprint density at radius 2 is 1.65 bits per heavy atom. The predicted octanol–water partition coefficient (Wildman–Crippen LogP) is 4.39. The van der Waals surface area contributed by atoms with Gasteiger partial charge in [0.05, 0.1) is 17.1 Å². The van der Waals surface area contributed by atoms with Crippen LogP contribution < -0.4 is 0 Å². The van der Waals surface area contributed by atoms with Gasteiger partial charge in [-0.15, -0.1) is 0 Å². The van der Waals surface area contributed by atoms with Gasteiger partial charge in [-0.05, 0) is 40.8 Å². The van der Waals surface area contributed by atoms with Crippen LogP contribution in [0.5, 0.6) is 0 Å². The van der Waals surface area contributed by atoms with Crippen molar-refractivity contribution >= 4 is 17.3 Å². The van der Waals surface area contributed by atoms with Gasteiger partial charge >= 0.3 is 6.18 Å². The van der Waals surface area contributed by atoms with Gasteiger partial charge < -0.3 is 5.11 Å². The average molecular weight is 435 g/mol. The Morgan fingerprint density at radius 3 is 2.10 bits per heavy atom. The van der Waals surface area contributed by atoms with E-state index in [9.17, 15) is 33.2 Å². The van der Waals surface area contributed by atoms with Crippen LogP contribution in [-0.4, -0.2) is 38.6 Å². The van der Waals surface area contributed by atoms with E-state index in [4.69, 9.17) is 0 Å². The summed E-state index contributed by atoms with van der Waals surface area (Å²) in [6.07, 6.45) is -6.18. The molecule has 0 saturated carbocycles. The monoisotopic (exact) mass is 435 g/mol. The van der Waals surface area contributed by atoms with Crippen LogP contribution in [0.1, 0.15) is 48.7 Å². The van der Waals surface area contributed by atoms with E-state index in [0.717, 1.165) is 17.7 Å². The highest BCUT2D eigenvalue weighted by Crippen LogP contribution is 2.42. The molecule has 1 amide bonds. The molecule has 3 rings (SSSR count). The second kappa shape index (κ2) is 7.45. The van der Waals surface area contributed by atoms with Crippen molar-refractivity contribution < 1.29 is 28.0 Å². The van der Waals surface area contributed by atoms with Crippen LogP contribution in [0.4, 0.5) is 18.9 Å². The van der Waals surface area contributed by atoms with Crippen molar-refractivity contribution in [3.05, 3.63) is 75.3 Å². The van der Waals surface area contributed by atoms with Gasteiger partial charge in [-0.25, -0.2) is 0 Å². The zero-order valence-electron chi connectivity index (χ0n) is 17.0. The van der Waals surface area contributed by atoms with Crippen molar-refractivity contribution in [3.63, 3.8) is 0 Å². The molecule has 1 N–H and O–H groups in total. The molecular weight excluding hydrogens is 415 g/mol. The number of hydrogen-bond donors (Lipinski definition) is 1. The molecule has 0 saturated heterocycles. The lowest BCUT2D eigenvalue weighted by Crippen LogP contribution is -2.56. The lowest BCUT2D eigenvalue weighted by atomic mass is 9.86. The van der Waals surface area contributed by atoms with Crippen molar-refractivity contribution in [2.75, 3.05) is 0 Å². The van der Waals surface area contributed by atoms with Gasteiger partial charge in [0.2, 0.25) is 0 Å². The first-order valence-corrected chi connectivity index (χ1v) is 9.30. The SMILES string of the molecule is CC(C)(C)c1ccc(C(=O)N2N=C(c3ccc([N+](=O)[O-])cc3)C[C@@]2(O)C(F)(F)F)cc1. The van der Waals surface area contributed by atoms with Crippen LogP contribution in [0.2, 0.25) is 0 Å². The molecule has 0 bridgehead atoms. The summed E-state index contributed by atoms with van der Waals surface area (Å²) < 4.78 is 41.2. The van der Waals surface area contributed by atoms with E-state index in [1.165, 1.54) is 24.3 Å². The smallest absolute Gasteiger partial charge is 0.362 e. The van der Waals surface area contributed by atoms with Gasteiger partial charge in [0, 0.05) is 17.7 Å². The van der Waals surface area contributed by atoms with Crippen molar-refractivity contribution in [2.45, 2.75) is 44.5 Å². The number of aliphatic hydroxyl groups is 1. The predicted molar refractivity (Wildman–Crippen MR) is 107 cm³/mol. The number of amides is 1. The average Bonchev–Trinajstić information content (AvgIpc) is 3.06.